The van der Waals surface area contributed by atoms with Crippen molar-refractivity contribution in [3.8, 4) is 5.69 Å². The number of imidazole rings is 1. The molecular formula is C25H37ClN4O. The van der Waals surface area contributed by atoms with Crippen LogP contribution in [-0.4, -0.2) is 22.5 Å². The van der Waals surface area contributed by atoms with Gasteiger partial charge in [-0.05, 0) is 42.5 Å². The number of hydrogen-bond donors (Lipinski definition) is 2. The molecule has 0 saturated heterocycles. The van der Waals surface area contributed by atoms with E-state index >= 15 is 0 Å². The molecule has 170 valence electrons. The van der Waals surface area contributed by atoms with Gasteiger partial charge in [-0.2, -0.15) is 0 Å². The fourth-order valence-corrected chi connectivity index (χ4v) is 3.27. The number of allylic oxidation sites excluding steroid dienone is 3. The number of rotatable bonds is 6. The van der Waals surface area contributed by atoms with Crippen molar-refractivity contribution < 1.29 is 4.79 Å². The third-order valence-corrected chi connectivity index (χ3v) is 5.00. The number of nitrogens with one attached hydrogen (secondary N) is 2. The SMILES string of the molecule is CC.CC.CNc1cc(NC(=O)CC2=C(Cl)CCC=C2)ccc1-n1cnc(C(C)C)c1. The Hall–Kier alpha value is -2.53. The van der Waals surface area contributed by atoms with E-state index in [-0.39, 0.29) is 12.3 Å². The van der Waals surface area contributed by atoms with Crippen LogP contribution in [0.5, 0.6) is 0 Å². The molecule has 1 amide bonds. The van der Waals surface area contributed by atoms with Crippen LogP contribution < -0.4 is 10.6 Å². The van der Waals surface area contributed by atoms with E-state index in [1.807, 2.05) is 76.1 Å². The average Bonchev–Trinajstić information content (AvgIpc) is 3.28. The molecular weight excluding hydrogens is 408 g/mol. The highest BCUT2D eigenvalue weighted by molar-refractivity contribution is 6.30. The molecule has 1 aromatic heterocycles. The van der Waals surface area contributed by atoms with E-state index in [9.17, 15) is 4.79 Å². The van der Waals surface area contributed by atoms with Crippen molar-refractivity contribution in [1.29, 1.82) is 0 Å². The second-order valence-electron chi connectivity index (χ2n) is 6.94. The van der Waals surface area contributed by atoms with Crippen LogP contribution in [0, 0.1) is 0 Å². The molecule has 0 unspecified atom stereocenters. The van der Waals surface area contributed by atoms with Crippen molar-refractivity contribution in [3.63, 3.8) is 0 Å². The lowest BCUT2D eigenvalue weighted by atomic mass is 10.0. The van der Waals surface area contributed by atoms with Crippen molar-refractivity contribution >= 4 is 28.9 Å². The summed E-state index contributed by atoms with van der Waals surface area (Å²) in [7, 11) is 1.86. The van der Waals surface area contributed by atoms with Crippen LogP contribution in [0.4, 0.5) is 11.4 Å². The molecule has 0 aliphatic heterocycles. The highest BCUT2D eigenvalue weighted by Crippen LogP contribution is 2.27. The molecule has 31 heavy (non-hydrogen) atoms. The molecule has 2 aromatic rings. The fourth-order valence-electron chi connectivity index (χ4n) is 3.03. The van der Waals surface area contributed by atoms with Crippen LogP contribution in [-0.2, 0) is 4.79 Å². The number of hydrogen-bond acceptors (Lipinski definition) is 3. The highest BCUT2D eigenvalue weighted by atomic mass is 35.5. The van der Waals surface area contributed by atoms with Gasteiger partial charge in [-0.3, -0.25) is 4.79 Å². The first-order valence-electron chi connectivity index (χ1n) is 11.2. The first kappa shape index (κ1) is 26.5. The van der Waals surface area contributed by atoms with Crippen molar-refractivity contribution in [1.82, 2.24) is 9.55 Å². The van der Waals surface area contributed by atoms with Gasteiger partial charge in [0.15, 0.2) is 0 Å². The smallest absolute Gasteiger partial charge is 0.228 e. The molecule has 1 aromatic carbocycles. The minimum atomic E-state index is -0.0748. The quantitative estimate of drug-likeness (QED) is 0.492. The van der Waals surface area contributed by atoms with Gasteiger partial charge in [0.2, 0.25) is 5.91 Å². The number of carbonyl (C=O) groups is 1. The van der Waals surface area contributed by atoms with Gasteiger partial charge in [-0.1, -0.05) is 65.3 Å². The number of benzene rings is 1. The second-order valence-corrected chi connectivity index (χ2v) is 7.39. The van der Waals surface area contributed by atoms with E-state index in [1.54, 1.807) is 0 Å². The van der Waals surface area contributed by atoms with Crippen LogP contribution in [0.2, 0.25) is 0 Å². The van der Waals surface area contributed by atoms with Gasteiger partial charge in [0, 0.05) is 24.0 Å². The standard InChI is InChI=1S/C21H25ClN4O.2C2H6/c1-14(2)19-12-26(13-24-19)20-9-8-16(11-18(20)23-3)25-21(27)10-15-6-4-5-7-17(15)22;2*1-2/h4,6,8-9,11-14,23H,5,7,10H2,1-3H3,(H,25,27);2*1-2H3. The molecule has 0 spiro atoms. The summed E-state index contributed by atoms with van der Waals surface area (Å²) in [5.41, 5.74) is 4.57. The van der Waals surface area contributed by atoms with Crippen molar-refractivity contribution in [2.45, 2.75) is 66.7 Å². The Morgan fingerprint density at radius 2 is 1.94 bits per heavy atom. The Labute approximate surface area is 192 Å². The molecule has 3 rings (SSSR count). The Kier molecular flexibility index (Phi) is 11.7. The molecule has 1 aliphatic carbocycles. The zero-order valence-corrected chi connectivity index (χ0v) is 20.7. The Morgan fingerprint density at radius 1 is 1.23 bits per heavy atom. The van der Waals surface area contributed by atoms with Gasteiger partial charge >= 0.3 is 0 Å². The predicted octanol–water partition coefficient (Wildman–Crippen LogP) is 7.26. The van der Waals surface area contributed by atoms with Gasteiger partial charge in [0.05, 0.1) is 29.8 Å². The van der Waals surface area contributed by atoms with Crippen LogP contribution >= 0.6 is 11.6 Å². The number of anilines is 2. The summed E-state index contributed by atoms with van der Waals surface area (Å²) in [4.78, 5) is 16.8. The van der Waals surface area contributed by atoms with Crippen molar-refractivity contribution in [3.05, 3.63) is 59.2 Å². The maximum Gasteiger partial charge on any atom is 0.228 e. The summed E-state index contributed by atoms with van der Waals surface area (Å²) in [5.74, 6) is 0.298. The summed E-state index contributed by atoms with van der Waals surface area (Å²) in [6.07, 6.45) is 9.87. The van der Waals surface area contributed by atoms with Crippen LogP contribution in [0.1, 0.15) is 72.4 Å². The van der Waals surface area contributed by atoms with E-state index in [2.05, 4.69) is 35.5 Å². The number of halogens is 1. The Bertz CT molecular complexity index is 897. The zero-order chi connectivity index (χ0) is 23.4. The van der Waals surface area contributed by atoms with E-state index in [4.69, 9.17) is 11.6 Å². The molecule has 0 bridgehead atoms. The van der Waals surface area contributed by atoms with Gasteiger partial charge in [0.25, 0.3) is 0 Å². The minimum absolute atomic E-state index is 0.0748. The van der Waals surface area contributed by atoms with Gasteiger partial charge in [-0.15, -0.1) is 0 Å². The zero-order valence-electron chi connectivity index (χ0n) is 19.9. The maximum absolute atomic E-state index is 12.4. The van der Waals surface area contributed by atoms with E-state index in [1.165, 1.54) is 0 Å². The van der Waals surface area contributed by atoms with Crippen molar-refractivity contribution in [2.24, 2.45) is 0 Å². The van der Waals surface area contributed by atoms with E-state index < -0.39 is 0 Å². The summed E-state index contributed by atoms with van der Waals surface area (Å²) in [6, 6.07) is 5.80. The van der Waals surface area contributed by atoms with Crippen LogP contribution in [0.3, 0.4) is 0 Å². The van der Waals surface area contributed by atoms with Crippen LogP contribution in [0.15, 0.2) is 53.5 Å². The number of aromatic nitrogens is 2. The van der Waals surface area contributed by atoms with E-state index in [0.717, 1.165) is 46.2 Å². The second kappa shape index (κ2) is 13.7. The maximum atomic E-state index is 12.4. The molecule has 5 nitrogen and oxygen atoms in total. The number of amides is 1. The normalized spacial score (nSPS) is 12.5. The molecule has 0 fully saturated rings. The van der Waals surface area contributed by atoms with Gasteiger partial charge < -0.3 is 15.2 Å². The highest BCUT2D eigenvalue weighted by Gasteiger charge is 2.13. The lowest BCUT2D eigenvalue weighted by molar-refractivity contribution is -0.115. The Morgan fingerprint density at radius 3 is 2.52 bits per heavy atom. The van der Waals surface area contributed by atoms with Gasteiger partial charge in [0.1, 0.15) is 0 Å². The third-order valence-electron chi connectivity index (χ3n) is 4.57. The molecule has 0 radical (unpaired) electrons. The summed E-state index contributed by atoms with van der Waals surface area (Å²) >= 11 is 6.22. The van der Waals surface area contributed by atoms with Crippen LogP contribution in [0.25, 0.3) is 5.69 Å². The fraction of sp³-hybridized carbons (Fsp3) is 0.440. The Balaban J connectivity index is 0.00000113. The average molecular weight is 445 g/mol. The first-order valence-corrected chi connectivity index (χ1v) is 11.6. The lowest BCUT2D eigenvalue weighted by Crippen LogP contribution is -2.13. The number of nitrogens with zero attached hydrogens (tertiary/aromatic N) is 2. The molecule has 2 N–H and O–H groups in total. The predicted molar refractivity (Wildman–Crippen MR) is 134 cm³/mol. The van der Waals surface area contributed by atoms with Crippen molar-refractivity contribution in [2.75, 3.05) is 17.7 Å². The topological polar surface area (TPSA) is 58.9 Å². The lowest BCUT2D eigenvalue weighted by Gasteiger charge is -2.14. The van der Waals surface area contributed by atoms with Gasteiger partial charge in [-0.25, -0.2) is 4.98 Å². The molecule has 0 saturated carbocycles. The summed E-state index contributed by atoms with van der Waals surface area (Å²) in [5, 5.41) is 6.93. The third kappa shape index (κ3) is 7.59. The molecule has 1 heterocycles. The monoisotopic (exact) mass is 444 g/mol. The molecule has 1 aliphatic rings. The largest absolute Gasteiger partial charge is 0.386 e. The summed E-state index contributed by atoms with van der Waals surface area (Å²) < 4.78 is 1.99. The summed E-state index contributed by atoms with van der Waals surface area (Å²) in [6.45, 7) is 12.2. The van der Waals surface area contributed by atoms with E-state index in [0.29, 0.717) is 5.92 Å². The first-order chi connectivity index (χ1) is 15.0. The minimum Gasteiger partial charge on any atom is -0.386 e. The molecule has 6 heteroatoms. The number of carbonyl (C=O) groups excluding carboxylic acids is 1. The molecule has 0 atom stereocenters.